The Morgan fingerprint density at radius 1 is 0.925 bits per heavy atom. The maximum atomic E-state index is 13.3. The molecule has 0 saturated carbocycles. The Kier molecular flexibility index (Phi) is 7.82. The number of ketones is 1. The molecule has 40 heavy (non-hydrogen) atoms. The lowest BCUT2D eigenvalue weighted by Gasteiger charge is -2.21. The molecule has 1 atom stereocenters. The van der Waals surface area contributed by atoms with Crippen LogP contribution in [0.4, 0.5) is 5.69 Å². The normalized spacial score (nSPS) is 15.8. The summed E-state index contributed by atoms with van der Waals surface area (Å²) in [5.41, 5.74) is 4.50. The summed E-state index contributed by atoms with van der Waals surface area (Å²) in [4.78, 5) is 36.0. The molecule has 1 N–H and O–H groups in total. The van der Waals surface area contributed by atoms with E-state index < -0.39 is 22.5 Å². The third-order valence-electron chi connectivity index (χ3n) is 7.24. The predicted octanol–water partition coefficient (Wildman–Crippen LogP) is 4.78. The van der Waals surface area contributed by atoms with Crippen molar-refractivity contribution in [2.45, 2.75) is 19.3 Å². The molecule has 2 aliphatic carbocycles. The van der Waals surface area contributed by atoms with Crippen LogP contribution < -0.4 is 15.8 Å². The third kappa shape index (κ3) is 5.40. The van der Waals surface area contributed by atoms with Crippen molar-refractivity contribution >= 4 is 29.6 Å². The van der Waals surface area contributed by atoms with Gasteiger partial charge in [-0.2, -0.15) is 0 Å². The van der Waals surface area contributed by atoms with E-state index in [0.717, 1.165) is 36.0 Å². The molecule has 0 aromatic heterocycles. The third-order valence-corrected chi connectivity index (χ3v) is 7.24. The Morgan fingerprint density at radius 2 is 1.70 bits per heavy atom. The van der Waals surface area contributed by atoms with Crippen LogP contribution in [0, 0.1) is 16.0 Å². The molecule has 1 unspecified atom stereocenters. The highest BCUT2D eigenvalue weighted by Crippen LogP contribution is 2.28. The van der Waals surface area contributed by atoms with Gasteiger partial charge >= 0.3 is 5.97 Å². The number of hydrogen-bond acceptors (Lipinski definition) is 6. The number of ether oxygens (including phenoxy) is 1. The zero-order chi connectivity index (χ0) is 28.1. The Morgan fingerprint density at radius 3 is 2.45 bits per heavy atom. The van der Waals surface area contributed by atoms with E-state index in [0.29, 0.717) is 6.42 Å². The molecule has 6 rings (SSSR count). The minimum Gasteiger partial charge on any atom is -0.465 e. The average Bonchev–Trinajstić information content (AvgIpc) is 3.33. The van der Waals surface area contributed by atoms with Crippen molar-refractivity contribution in [1.82, 2.24) is 5.32 Å². The maximum absolute atomic E-state index is 13.3. The smallest absolute Gasteiger partial charge is 0.344 e. The van der Waals surface area contributed by atoms with Gasteiger partial charge in [-0.3, -0.25) is 14.9 Å². The van der Waals surface area contributed by atoms with Crippen molar-refractivity contribution in [2.75, 3.05) is 7.11 Å². The van der Waals surface area contributed by atoms with Crippen LogP contribution in [-0.2, 0) is 17.6 Å². The van der Waals surface area contributed by atoms with Gasteiger partial charge in [0.2, 0.25) is 0 Å². The van der Waals surface area contributed by atoms with Gasteiger partial charge in [0.05, 0.1) is 12.0 Å². The van der Waals surface area contributed by atoms with Crippen molar-refractivity contribution in [3.8, 4) is 11.1 Å². The summed E-state index contributed by atoms with van der Waals surface area (Å²) in [6, 6.07) is 16.6. The SMILES string of the molecule is C1=CC=CNC=C1.COC(=O)c1ccc(C(=O)C2C=c3c(ccc4c3=CCc3ccccc3-4)CC2)cc1[N+](=O)[O-]. The maximum Gasteiger partial charge on any atom is 0.344 e. The molecule has 0 fully saturated rings. The first-order valence-corrected chi connectivity index (χ1v) is 13.1. The molecule has 3 aromatic carbocycles. The molecular weight excluding hydrogens is 504 g/mol. The number of allylic oxidation sites excluding steroid dienone is 4. The molecule has 7 heteroatoms. The Hall–Kier alpha value is -5.04. The lowest BCUT2D eigenvalue weighted by Crippen LogP contribution is -2.37. The fourth-order valence-corrected chi connectivity index (χ4v) is 5.27. The van der Waals surface area contributed by atoms with Crippen LogP contribution in [0.25, 0.3) is 23.3 Å². The second-order valence-electron chi connectivity index (χ2n) is 9.59. The van der Waals surface area contributed by atoms with Crippen LogP contribution in [0.2, 0.25) is 0 Å². The lowest BCUT2D eigenvalue weighted by atomic mass is 9.82. The number of fused-ring (bicyclic) bond motifs is 5. The van der Waals surface area contributed by atoms with Crippen LogP contribution >= 0.6 is 0 Å². The molecule has 7 nitrogen and oxygen atoms in total. The number of esters is 1. The molecule has 3 aromatic rings. The molecule has 1 heterocycles. The van der Waals surface area contributed by atoms with E-state index >= 15 is 0 Å². The second-order valence-corrected chi connectivity index (χ2v) is 9.59. The van der Waals surface area contributed by atoms with Gasteiger partial charge in [-0.05, 0) is 70.2 Å². The summed E-state index contributed by atoms with van der Waals surface area (Å²) in [6.07, 6.45) is 18.0. The van der Waals surface area contributed by atoms with Gasteiger partial charge in [0.1, 0.15) is 5.56 Å². The minimum absolute atomic E-state index is 0.167. The highest BCUT2D eigenvalue weighted by molar-refractivity contribution is 6.03. The monoisotopic (exact) mass is 532 g/mol. The van der Waals surface area contributed by atoms with E-state index in [1.165, 1.54) is 34.9 Å². The van der Waals surface area contributed by atoms with Crippen molar-refractivity contribution in [3.63, 3.8) is 0 Å². The van der Waals surface area contributed by atoms with E-state index in [1.807, 2.05) is 54.9 Å². The zero-order valence-corrected chi connectivity index (χ0v) is 22.0. The molecular formula is C33H28N2O5. The number of aryl methyl sites for hydroxylation is 1. The number of nitrogens with zero attached hydrogens (tertiary/aromatic N) is 1. The molecule has 200 valence electrons. The van der Waals surface area contributed by atoms with Crippen molar-refractivity contribution in [3.05, 3.63) is 134 Å². The number of Topliss-reactive ketones (excluding diaryl/α,β-unsaturated/α-hetero) is 1. The van der Waals surface area contributed by atoms with Crippen LogP contribution in [-0.4, -0.2) is 23.8 Å². The van der Waals surface area contributed by atoms with Crippen LogP contribution in [0.15, 0.2) is 91.3 Å². The number of carbonyl (C=O) groups excluding carboxylic acids is 2. The fourth-order valence-electron chi connectivity index (χ4n) is 5.27. The predicted molar refractivity (Wildman–Crippen MR) is 155 cm³/mol. The van der Waals surface area contributed by atoms with Crippen molar-refractivity contribution in [1.29, 1.82) is 0 Å². The first-order chi connectivity index (χ1) is 19.5. The number of nitro benzene ring substituents is 1. The second kappa shape index (κ2) is 11.8. The van der Waals surface area contributed by atoms with Crippen LogP contribution in [0.5, 0.6) is 0 Å². The molecule has 0 amide bonds. The largest absolute Gasteiger partial charge is 0.465 e. The topological polar surface area (TPSA) is 98.5 Å². The summed E-state index contributed by atoms with van der Waals surface area (Å²) in [6.45, 7) is 0. The summed E-state index contributed by atoms with van der Waals surface area (Å²) in [7, 11) is 1.16. The van der Waals surface area contributed by atoms with Gasteiger partial charge in [-0.25, -0.2) is 4.79 Å². The number of rotatable bonds is 4. The molecule has 0 radical (unpaired) electrons. The lowest BCUT2D eigenvalue weighted by molar-refractivity contribution is -0.385. The number of nitrogens with one attached hydrogen (secondary N) is 1. The Bertz CT molecular complexity index is 1700. The molecule has 0 spiro atoms. The standard InChI is InChI=1S/C27H21NO5.C6H7N/c1-33-27(30)23-13-10-19(15-25(23)28(31)32)26(29)18-7-6-17-9-11-21-20-5-3-2-4-16(20)8-12-22(21)24(17)14-18;1-2-4-6-7-5-3-1/h2-5,9-15,18H,6-8H2,1H3;1-7H. The highest BCUT2D eigenvalue weighted by Gasteiger charge is 2.27. The van der Waals surface area contributed by atoms with Gasteiger partial charge in [0, 0.05) is 29.9 Å². The number of nitro groups is 1. The highest BCUT2D eigenvalue weighted by atomic mass is 16.6. The van der Waals surface area contributed by atoms with Crippen molar-refractivity contribution < 1.29 is 19.2 Å². The minimum atomic E-state index is -0.804. The van der Waals surface area contributed by atoms with Gasteiger partial charge in [0.15, 0.2) is 5.78 Å². The van der Waals surface area contributed by atoms with Crippen LogP contribution in [0.3, 0.4) is 0 Å². The molecule has 0 bridgehead atoms. The van der Waals surface area contributed by atoms with E-state index in [1.54, 1.807) is 0 Å². The number of hydrogen-bond donors (Lipinski definition) is 1. The van der Waals surface area contributed by atoms with Crippen LogP contribution in [0.1, 0.15) is 38.3 Å². The summed E-state index contributed by atoms with van der Waals surface area (Å²) < 4.78 is 4.62. The first-order valence-electron chi connectivity index (χ1n) is 13.1. The molecule has 3 aliphatic rings. The van der Waals surface area contributed by atoms with Gasteiger partial charge < -0.3 is 10.1 Å². The first kappa shape index (κ1) is 26.6. The Labute approximate surface area is 231 Å². The summed E-state index contributed by atoms with van der Waals surface area (Å²) in [5.74, 6) is -1.38. The average molecular weight is 533 g/mol. The summed E-state index contributed by atoms with van der Waals surface area (Å²) in [5, 5.41) is 16.6. The fraction of sp³-hybridized carbons (Fsp3) is 0.152. The van der Waals surface area contributed by atoms with Crippen molar-refractivity contribution in [2.24, 2.45) is 5.92 Å². The van der Waals surface area contributed by atoms with Gasteiger partial charge in [-0.15, -0.1) is 0 Å². The Balaban J connectivity index is 0.000000403. The van der Waals surface area contributed by atoms with Gasteiger partial charge in [0.25, 0.3) is 5.69 Å². The van der Waals surface area contributed by atoms with E-state index in [4.69, 9.17) is 0 Å². The number of benzene rings is 3. The molecule has 0 saturated heterocycles. The van der Waals surface area contributed by atoms with E-state index in [2.05, 4.69) is 40.4 Å². The quantitative estimate of drug-likeness (QED) is 0.225. The van der Waals surface area contributed by atoms with Gasteiger partial charge in [-0.1, -0.05) is 66.8 Å². The zero-order valence-electron chi connectivity index (χ0n) is 22.0. The number of carbonyl (C=O) groups is 2. The molecule has 1 aliphatic heterocycles. The van der Waals surface area contributed by atoms with E-state index in [-0.39, 0.29) is 16.9 Å². The summed E-state index contributed by atoms with van der Waals surface area (Å²) >= 11 is 0. The van der Waals surface area contributed by atoms with E-state index in [9.17, 15) is 19.7 Å². The number of methoxy groups -OCH3 is 1.